The van der Waals surface area contributed by atoms with Gasteiger partial charge < -0.3 is 24.8 Å². The number of rotatable bonds is 9. The van der Waals surface area contributed by atoms with E-state index in [9.17, 15) is 5.11 Å². The van der Waals surface area contributed by atoms with Gasteiger partial charge in [0.15, 0.2) is 0 Å². The van der Waals surface area contributed by atoms with Crippen molar-refractivity contribution in [1.29, 1.82) is 0 Å². The molecule has 2 bridgehead atoms. The molecule has 4 heterocycles. The molecule has 3 aromatic rings. The summed E-state index contributed by atoms with van der Waals surface area (Å²) in [5.74, 6) is 4.70. The van der Waals surface area contributed by atoms with Gasteiger partial charge in [-0.1, -0.05) is 44.7 Å². The molecule has 7 rings (SSSR count). The normalized spacial score (nSPS) is 24.7. The Morgan fingerprint density at radius 1 is 1.21 bits per heavy atom. The number of fused-ring (bicyclic) bond motifs is 4. The first kappa shape index (κ1) is 27.5. The van der Waals surface area contributed by atoms with Crippen LogP contribution >= 0.6 is 0 Å². The van der Waals surface area contributed by atoms with Crippen LogP contribution in [0.4, 0.5) is 5.82 Å². The van der Waals surface area contributed by atoms with E-state index in [-0.39, 0.29) is 17.3 Å². The molecule has 2 aromatic carbocycles. The molecule has 42 heavy (non-hydrogen) atoms. The number of aromatic hydroxyl groups is 1. The molecule has 2 N–H and O–H groups in total. The fraction of sp³-hybridized carbons (Fsp3) is 0.543. The third kappa shape index (κ3) is 5.31. The Labute approximate surface area is 249 Å². The minimum atomic E-state index is -0.291. The van der Waals surface area contributed by atoms with Crippen molar-refractivity contribution in [2.75, 3.05) is 24.6 Å². The summed E-state index contributed by atoms with van der Waals surface area (Å²) in [5.41, 5.74) is 3.98. The second kappa shape index (κ2) is 11.1. The van der Waals surface area contributed by atoms with Crippen molar-refractivity contribution in [2.45, 2.75) is 90.0 Å². The molecule has 4 atom stereocenters. The number of hydrogen-bond acceptors (Lipinski definition) is 7. The maximum absolute atomic E-state index is 10.6. The predicted molar refractivity (Wildman–Crippen MR) is 165 cm³/mol. The van der Waals surface area contributed by atoms with Gasteiger partial charge in [-0.3, -0.25) is 0 Å². The fourth-order valence-electron chi connectivity index (χ4n) is 7.68. The number of terminal acetylenes is 1. The number of phenolic OH excluding ortho intramolecular Hbond substituents is 1. The summed E-state index contributed by atoms with van der Waals surface area (Å²) >= 11 is 0. The molecule has 0 radical (unpaired) electrons. The smallest absolute Gasteiger partial charge is 0.318 e. The number of anilines is 1. The molecular formula is C35H42N4O3. The Morgan fingerprint density at radius 2 is 2.02 bits per heavy atom. The van der Waals surface area contributed by atoms with Crippen LogP contribution in [0.25, 0.3) is 10.8 Å². The second-order valence-corrected chi connectivity index (χ2v) is 13.3. The number of nitrogens with one attached hydrogen (secondary N) is 1. The van der Waals surface area contributed by atoms with Gasteiger partial charge in [-0.2, -0.15) is 9.97 Å². The lowest BCUT2D eigenvalue weighted by Crippen LogP contribution is -2.51. The Morgan fingerprint density at radius 3 is 2.76 bits per heavy atom. The van der Waals surface area contributed by atoms with Gasteiger partial charge in [0.2, 0.25) is 0 Å². The highest BCUT2D eigenvalue weighted by Gasteiger charge is 2.44. The van der Waals surface area contributed by atoms with Crippen molar-refractivity contribution in [1.82, 2.24) is 15.3 Å². The molecule has 2 saturated heterocycles. The molecule has 0 amide bonds. The molecule has 3 aliphatic heterocycles. The molecule has 7 heteroatoms. The van der Waals surface area contributed by atoms with E-state index >= 15 is 0 Å². The van der Waals surface area contributed by atoms with Gasteiger partial charge in [0, 0.05) is 53.5 Å². The van der Waals surface area contributed by atoms with Gasteiger partial charge in [-0.25, -0.2) is 0 Å². The molecule has 7 nitrogen and oxygen atoms in total. The van der Waals surface area contributed by atoms with Crippen LogP contribution < -0.4 is 15.0 Å². The monoisotopic (exact) mass is 566 g/mol. The third-order valence-electron chi connectivity index (χ3n) is 9.90. The highest BCUT2D eigenvalue weighted by Crippen LogP contribution is 2.51. The zero-order valence-electron chi connectivity index (χ0n) is 24.9. The lowest BCUT2D eigenvalue weighted by atomic mass is 9.91. The number of benzene rings is 2. The zero-order chi connectivity index (χ0) is 28.8. The van der Waals surface area contributed by atoms with Crippen LogP contribution in [-0.2, 0) is 17.8 Å². The zero-order valence-corrected chi connectivity index (χ0v) is 24.9. The van der Waals surface area contributed by atoms with Crippen molar-refractivity contribution >= 4 is 16.6 Å². The lowest BCUT2D eigenvalue weighted by molar-refractivity contribution is 0.0263. The molecule has 1 aliphatic carbocycles. The van der Waals surface area contributed by atoms with E-state index in [0.29, 0.717) is 43.6 Å². The number of ether oxygens (including phenoxy) is 2. The van der Waals surface area contributed by atoms with Gasteiger partial charge in [-0.05, 0) is 67.2 Å². The Kier molecular flexibility index (Phi) is 7.24. The molecule has 220 valence electrons. The van der Waals surface area contributed by atoms with Crippen molar-refractivity contribution < 1.29 is 14.6 Å². The van der Waals surface area contributed by atoms with Gasteiger partial charge in [0.25, 0.3) is 0 Å². The quantitative estimate of drug-likeness (QED) is 0.305. The average molecular weight is 567 g/mol. The molecule has 3 fully saturated rings. The molecule has 4 aliphatic rings. The predicted octanol–water partition coefficient (Wildman–Crippen LogP) is 6.06. The summed E-state index contributed by atoms with van der Waals surface area (Å²) in [6.07, 6.45) is 14.7. The first-order valence-electron chi connectivity index (χ1n) is 15.8. The van der Waals surface area contributed by atoms with Gasteiger partial charge in [0.05, 0.1) is 25.0 Å². The average Bonchev–Trinajstić information content (AvgIpc) is 3.67. The Bertz CT molecular complexity index is 1510. The minimum Gasteiger partial charge on any atom is -0.508 e. The summed E-state index contributed by atoms with van der Waals surface area (Å²) in [7, 11) is 0. The molecule has 4 unspecified atom stereocenters. The van der Waals surface area contributed by atoms with E-state index in [1.807, 2.05) is 18.2 Å². The Hall–Kier alpha value is -3.34. The van der Waals surface area contributed by atoms with E-state index in [1.165, 1.54) is 44.9 Å². The number of phenols is 1. The summed E-state index contributed by atoms with van der Waals surface area (Å²) < 4.78 is 13.0. The lowest BCUT2D eigenvalue weighted by Gasteiger charge is -2.36. The van der Waals surface area contributed by atoms with Gasteiger partial charge >= 0.3 is 6.01 Å². The van der Waals surface area contributed by atoms with Crippen LogP contribution in [0, 0.1) is 23.7 Å². The van der Waals surface area contributed by atoms with Crippen molar-refractivity contribution in [3.05, 3.63) is 52.7 Å². The van der Waals surface area contributed by atoms with Crippen LogP contribution in [0.3, 0.4) is 0 Å². The summed E-state index contributed by atoms with van der Waals surface area (Å²) in [5, 5.41) is 16.2. The second-order valence-electron chi connectivity index (χ2n) is 13.3. The van der Waals surface area contributed by atoms with Gasteiger partial charge in [0.1, 0.15) is 11.6 Å². The number of nitrogens with zero attached hydrogens (tertiary/aromatic N) is 3. The van der Waals surface area contributed by atoms with E-state index in [0.717, 1.165) is 52.1 Å². The topological polar surface area (TPSA) is 79.7 Å². The minimum absolute atomic E-state index is 0.205. The SMILES string of the molecule is C#Cc1cccc2cc(O)cc(C3Cc4nc(OCC5(CC(C)CCC)CC5)nc(N5CC6CCC(C5)N6)c4CO3)c12. The standard InChI is InChI=1S/C35H42N4O3/c1-4-7-22(3)17-35(12-13-35)21-42-34-37-30-16-31(28-15-27(40)14-24-9-6-8-23(5-2)32(24)28)41-20-29(30)33(38-34)39-18-25-10-11-26(19-39)36-25/h2,6,8-9,14-15,22,25-26,31,36,40H,4,7,10-13,16-21H2,1,3H3. The van der Waals surface area contributed by atoms with Crippen LogP contribution in [0.2, 0.25) is 0 Å². The number of aromatic nitrogens is 2. The maximum Gasteiger partial charge on any atom is 0.318 e. The first-order valence-corrected chi connectivity index (χ1v) is 15.8. The summed E-state index contributed by atoms with van der Waals surface area (Å²) in [6.45, 7) is 7.58. The third-order valence-corrected chi connectivity index (χ3v) is 9.90. The van der Waals surface area contributed by atoms with E-state index in [2.05, 4.69) is 30.0 Å². The van der Waals surface area contributed by atoms with Crippen LogP contribution in [0.5, 0.6) is 11.8 Å². The maximum atomic E-state index is 10.6. The van der Waals surface area contributed by atoms with E-state index in [4.69, 9.17) is 25.9 Å². The van der Waals surface area contributed by atoms with Crippen molar-refractivity contribution in [3.8, 4) is 24.1 Å². The molecule has 1 saturated carbocycles. The van der Waals surface area contributed by atoms with Crippen molar-refractivity contribution in [2.24, 2.45) is 11.3 Å². The fourth-order valence-corrected chi connectivity index (χ4v) is 7.68. The van der Waals surface area contributed by atoms with Crippen LogP contribution in [0.1, 0.15) is 87.3 Å². The highest BCUT2D eigenvalue weighted by molar-refractivity contribution is 5.92. The van der Waals surface area contributed by atoms with Gasteiger partial charge in [-0.15, -0.1) is 6.42 Å². The summed E-state index contributed by atoms with van der Waals surface area (Å²) in [6, 6.07) is 10.9. The number of hydrogen-bond donors (Lipinski definition) is 2. The first-order chi connectivity index (χ1) is 20.4. The highest BCUT2D eigenvalue weighted by atomic mass is 16.5. The number of piperazine rings is 1. The van der Waals surface area contributed by atoms with E-state index < -0.39 is 0 Å². The molecular weight excluding hydrogens is 524 g/mol. The molecule has 1 aromatic heterocycles. The van der Waals surface area contributed by atoms with E-state index in [1.54, 1.807) is 12.1 Å². The summed E-state index contributed by atoms with van der Waals surface area (Å²) in [4.78, 5) is 12.5. The van der Waals surface area contributed by atoms with Crippen LogP contribution in [-0.4, -0.2) is 46.9 Å². The largest absolute Gasteiger partial charge is 0.508 e. The Balaban J connectivity index is 1.22. The molecule has 0 spiro atoms. The van der Waals surface area contributed by atoms with Crippen molar-refractivity contribution in [3.63, 3.8) is 0 Å². The van der Waals surface area contributed by atoms with Crippen LogP contribution in [0.15, 0.2) is 30.3 Å².